The Labute approximate surface area is 117 Å². The molecule has 0 bridgehead atoms. The van der Waals surface area contributed by atoms with Crippen LogP contribution in [0.4, 0.5) is 0 Å². The highest BCUT2D eigenvalue weighted by molar-refractivity contribution is 5.27. The maximum Gasteiger partial charge on any atom is 0.0787 e. The normalized spacial score (nSPS) is 24.6. The lowest BCUT2D eigenvalue weighted by atomic mass is 9.94. The van der Waals surface area contributed by atoms with Crippen LogP contribution in [0.3, 0.4) is 0 Å². The lowest BCUT2D eigenvalue weighted by molar-refractivity contribution is -0.0699. The molecule has 0 aromatic heterocycles. The summed E-state index contributed by atoms with van der Waals surface area (Å²) in [5, 5.41) is 3.69. The number of nitrogens with one attached hydrogen (secondary N) is 1. The summed E-state index contributed by atoms with van der Waals surface area (Å²) in [4.78, 5) is 0. The van der Waals surface area contributed by atoms with E-state index in [-0.39, 0.29) is 11.2 Å². The van der Waals surface area contributed by atoms with E-state index in [2.05, 4.69) is 64.2 Å². The third kappa shape index (κ3) is 3.37. The molecule has 1 aromatic rings. The van der Waals surface area contributed by atoms with Gasteiger partial charge in [-0.2, -0.15) is 0 Å². The van der Waals surface area contributed by atoms with Crippen LogP contribution in [0.1, 0.15) is 52.2 Å². The summed E-state index contributed by atoms with van der Waals surface area (Å²) in [6, 6.07) is 9.09. The Balaban J connectivity index is 2.03. The quantitative estimate of drug-likeness (QED) is 0.892. The van der Waals surface area contributed by atoms with Crippen molar-refractivity contribution in [2.24, 2.45) is 0 Å². The summed E-state index contributed by atoms with van der Waals surface area (Å²) in [5.74, 6) is 0. The highest BCUT2D eigenvalue weighted by Crippen LogP contribution is 2.37. The van der Waals surface area contributed by atoms with Gasteiger partial charge in [0.1, 0.15) is 0 Å². The second-order valence-electron chi connectivity index (χ2n) is 6.73. The van der Waals surface area contributed by atoms with Gasteiger partial charge in [-0.15, -0.1) is 0 Å². The number of benzene rings is 1. The van der Waals surface area contributed by atoms with Crippen molar-refractivity contribution < 1.29 is 4.74 Å². The summed E-state index contributed by atoms with van der Waals surface area (Å²) < 4.78 is 6.13. The zero-order chi connectivity index (χ0) is 14.1. The minimum Gasteiger partial charge on any atom is -0.368 e. The molecule has 1 atom stereocenters. The van der Waals surface area contributed by atoms with Gasteiger partial charge in [-0.05, 0) is 51.7 Å². The van der Waals surface area contributed by atoms with Gasteiger partial charge in [-0.1, -0.05) is 31.2 Å². The molecule has 0 aliphatic carbocycles. The Morgan fingerprint density at radius 3 is 2.32 bits per heavy atom. The fraction of sp³-hybridized carbons (Fsp3) is 0.647. The lowest BCUT2D eigenvalue weighted by Gasteiger charge is -2.28. The van der Waals surface area contributed by atoms with Crippen molar-refractivity contribution in [1.29, 1.82) is 0 Å². The molecule has 0 amide bonds. The first-order chi connectivity index (χ1) is 8.84. The van der Waals surface area contributed by atoms with Crippen LogP contribution in [0.5, 0.6) is 0 Å². The summed E-state index contributed by atoms with van der Waals surface area (Å²) in [6.07, 6.45) is 2.15. The molecule has 0 radical (unpaired) electrons. The zero-order valence-electron chi connectivity index (χ0n) is 12.9. The average Bonchev–Trinajstić information content (AvgIpc) is 2.54. The van der Waals surface area contributed by atoms with Gasteiger partial charge in [0, 0.05) is 12.6 Å². The molecule has 106 valence electrons. The molecule has 1 aliphatic heterocycles. The number of ether oxygens (including phenoxy) is 1. The predicted octanol–water partition coefficient (Wildman–Crippen LogP) is 3.68. The predicted molar refractivity (Wildman–Crippen MR) is 80.3 cm³/mol. The van der Waals surface area contributed by atoms with Gasteiger partial charge in [-0.3, -0.25) is 0 Å². The number of hydrogen-bond donors (Lipinski definition) is 1. The molecular weight excluding hydrogens is 234 g/mol. The molecule has 2 heteroatoms. The molecule has 19 heavy (non-hydrogen) atoms. The van der Waals surface area contributed by atoms with E-state index in [4.69, 9.17) is 4.74 Å². The van der Waals surface area contributed by atoms with Crippen LogP contribution in [-0.4, -0.2) is 17.2 Å². The molecule has 1 aromatic carbocycles. The van der Waals surface area contributed by atoms with Crippen LogP contribution in [0.2, 0.25) is 0 Å². The number of rotatable bonds is 4. The Morgan fingerprint density at radius 2 is 1.79 bits per heavy atom. The molecule has 1 heterocycles. The van der Waals surface area contributed by atoms with Gasteiger partial charge in [0.2, 0.25) is 0 Å². The van der Waals surface area contributed by atoms with Crippen LogP contribution >= 0.6 is 0 Å². The molecular formula is C17H27NO. The van der Waals surface area contributed by atoms with E-state index in [9.17, 15) is 0 Å². The standard InChI is InChI=1S/C17H27NO/c1-6-13-9-7-8-10-14(13)12-18-15-11-16(2,3)19-17(15,4)5/h7-10,15,18H,6,11-12H2,1-5H3. The van der Waals surface area contributed by atoms with E-state index in [0.717, 1.165) is 19.4 Å². The average molecular weight is 261 g/mol. The van der Waals surface area contributed by atoms with Crippen molar-refractivity contribution in [2.45, 2.75) is 71.2 Å². The second kappa shape index (κ2) is 5.26. The highest BCUT2D eigenvalue weighted by Gasteiger charge is 2.45. The summed E-state index contributed by atoms with van der Waals surface area (Å²) in [6.45, 7) is 11.9. The highest BCUT2D eigenvalue weighted by atomic mass is 16.5. The monoisotopic (exact) mass is 261 g/mol. The van der Waals surface area contributed by atoms with E-state index in [0.29, 0.717) is 6.04 Å². The van der Waals surface area contributed by atoms with Crippen molar-refractivity contribution in [1.82, 2.24) is 5.32 Å². The van der Waals surface area contributed by atoms with E-state index >= 15 is 0 Å². The SMILES string of the molecule is CCc1ccccc1CNC1CC(C)(C)OC1(C)C. The summed E-state index contributed by atoms with van der Waals surface area (Å²) in [7, 11) is 0. The molecule has 0 saturated carbocycles. The Kier molecular flexibility index (Phi) is 4.03. The molecule has 2 nitrogen and oxygen atoms in total. The fourth-order valence-electron chi connectivity index (χ4n) is 3.19. The van der Waals surface area contributed by atoms with Gasteiger partial charge in [0.15, 0.2) is 0 Å². The number of aryl methyl sites for hydroxylation is 1. The lowest BCUT2D eigenvalue weighted by Crippen LogP contribution is -2.43. The van der Waals surface area contributed by atoms with Crippen LogP contribution in [0, 0.1) is 0 Å². The third-order valence-electron chi connectivity index (χ3n) is 4.11. The first-order valence-electron chi connectivity index (χ1n) is 7.34. The van der Waals surface area contributed by atoms with E-state index < -0.39 is 0 Å². The van der Waals surface area contributed by atoms with Gasteiger partial charge in [0.05, 0.1) is 11.2 Å². The smallest absolute Gasteiger partial charge is 0.0787 e. The van der Waals surface area contributed by atoms with Crippen LogP contribution < -0.4 is 5.32 Å². The Bertz CT molecular complexity index is 437. The van der Waals surface area contributed by atoms with Crippen molar-refractivity contribution in [3.63, 3.8) is 0 Å². The second-order valence-corrected chi connectivity index (χ2v) is 6.73. The molecule has 2 rings (SSSR count). The maximum absolute atomic E-state index is 6.13. The van der Waals surface area contributed by atoms with E-state index in [1.807, 2.05) is 0 Å². The van der Waals surface area contributed by atoms with Gasteiger partial charge < -0.3 is 10.1 Å². The van der Waals surface area contributed by atoms with E-state index in [1.165, 1.54) is 11.1 Å². The minimum atomic E-state index is -0.0926. The van der Waals surface area contributed by atoms with Gasteiger partial charge in [-0.25, -0.2) is 0 Å². The first-order valence-corrected chi connectivity index (χ1v) is 7.34. The van der Waals surface area contributed by atoms with Crippen molar-refractivity contribution in [3.05, 3.63) is 35.4 Å². The zero-order valence-corrected chi connectivity index (χ0v) is 12.9. The minimum absolute atomic E-state index is 0.0224. The maximum atomic E-state index is 6.13. The summed E-state index contributed by atoms with van der Waals surface area (Å²) >= 11 is 0. The van der Waals surface area contributed by atoms with Crippen molar-refractivity contribution in [2.75, 3.05) is 0 Å². The van der Waals surface area contributed by atoms with Crippen molar-refractivity contribution in [3.8, 4) is 0 Å². The molecule has 1 unspecified atom stereocenters. The molecule has 1 aliphatic rings. The van der Waals surface area contributed by atoms with Gasteiger partial charge >= 0.3 is 0 Å². The fourth-order valence-corrected chi connectivity index (χ4v) is 3.19. The van der Waals surface area contributed by atoms with Crippen LogP contribution in [0.25, 0.3) is 0 Å². The third-order valence-corrected chi connectivity index (χ3v) is 4.11. The Hall–Kier alpha value is -0.860. The molecule has 1 N–H and O–H groups in total. The van der Waals surface area contributed by atoms with Crippen LogP contribution in [-0.2, 0) is 17.7 Å². The Morgan fingerprint density at radius 1 is 1.16 bits per heavy atom. The largest absolute Gasteiger partial charge is 0.368 e. The first kappa shape index (κ1) is 14.5. The van der Waals surface area contributed by atoms with Crippen molar-refractivity contribution >= 4 is 0 Å². The topological polar surface area (TPSA) is 21.3 Å². The van der Waals surface area contributed by atoms with E-state index in [1.54, 1.807) is 0 Å². The molecule has 1 fully saturated rings. The van der Waals surface area contributed by atoms with Crippen LogP contribution in [0.15, 0.2) is 24.3 Å². The molecule has 0 spiro atoms. The molecule has 1 saturated heterocycles. The number of hydrogen-bond acceptors (Lipinski definition) is 2. The van der Waals surface area contributed by atoms with Gasteiger partial charge in [0.25, 0.3) is 0 Å². The summed E-state index contributed by atoms with van der Waals surface area (Å²) in [5.41, 5.74) is 2.73.